The molecule has 0 unspecified atom stereocenters. The highest BCUT2D eigenvalue weighted by molar-refractivity contribution is 7.13. The fraction of sp³-hybridized carbons (Fsp3) is 0.240. The van der Waals surface area contributed by atoms with Crippen LogP contribution >= 0.6 is 23.7 Å². The van der Waals surface area contributed by atoms with Gasteiger partial charge < -0.3 is 15.0 Å². The minimum atomic E-state index is 0. The first-order valence-electron chi connectivity index (χ1n) is 10.2. The maximum atomic E-state index is 13.3. The van der Waals surface area contributed by atoms with E-state index in [0.717, 1.165) is 32.8 Å². The molecule has 2 aromatic carbocycles. The molecule has 0 aliphatic heterocycles. The molecule has 2 aromatic heterocycles. The fourth-order valence-corrected chi connectivity index (χ4v) is 4.58. The second kappa shape index (κ2) is 10.1. The van der Waals surface area contributed by atoms with E-state index < -0.39 is 0 Å². The molecule has 2 N–H and O–H groups in total. The summed E-state index contributed by atoms with van der Waals surface area (Å²) in [5.41, 5.74) is 9.20. The molecule has 0 bridgehead atoms. The first-order chi connectivity index (χ1) is 14.6. The summed E-state index contributed by atoms with van der Waals surface area (Å²) in [4.78, 5) is 14.4. The minimum Gasteiger partial charge on any atom is -0.489 e. The number of halogens is 1. The molecule has 4 rings (SSSR count). The highest BCUT2D eigenvalue weighted by atomic mass is 35.5. The third-order valence-electron chi connectivity index (χ3n) is 5.11. The Kier molecular flexibility index (Phi) is 7.55. The summed E-state index contributed by atoms with van der Waals surface area (Å²) in [7, 11) is 0. The molecule has 0 saturated carbocycles. The van der Waals surface area contributed by atoms with Crippen molar-refractivity contribution in [1.82, 2.24) is 4.57 Å². The van der Waals surface area contributed by atoms with Crippen LogP contribution in [0.4, 0.5) is 0 Å². The summed E-state index contributed by atoms with van der Waals surface area (Å²) >= 11 is 1.66. The summed E-state index contributed by atoms with van der Waals surface area (Å²) in [6, 6.07) is 19.9. The van der Waals surface area contributed by atoms with Crippen LogP contribution in [-0.4, -0.2) is 4.57 Å². The zero-order valence-corrected chi connectivity index (χ0v) is 19.3. The Morgan fingerprint density at radius 1 is 1.03 bits per heavy atom. The van der Waals surface area contributed by atoms with Crippen molar-refractivity contribution >= 4 is 34.5 Å². The molecule has 6 heteroatoms. The Balaban J connectivity index is 0.00000272. The van der Waals surface area contributed by atoms with Crippen LogP contribution in [0.2, 0.25) is 0 Å². The number of nitrogens with zero attached hydrogens (tertiary/aromatic N) is 1. The highest BCUT2D eigenvalue weighted by Crippen LogP contribution is 2.35. The summed E-state index contributed by atoms with van der Waals surface area (Å²) in [5.74, 6) is 1.09. The van der Waals surface area contributed by atoms with E-state index in [4.69, 9.17) is 10.5 Å². The maximum absolute atomic E-state index is 13.3. The summed E-state index contributed by atoms with van der Waals surface area (Å²) in [6.07, 6.45) is 0. The Labute approximate surface area is 192 Å². The van der Waals surface area contributed by atoms with Crippen LogP contribution in [0.1, 0.15) is 25.1 Å². The van der Waals surface area contributed by atoms with Crippen LogP contribution in [0.15, 0.2) is 70.8 Å². The van der Waals surface area contributed by atoms with Crippen LogP contribution in [-0.2, 0) is 19.7 Å². The molecule has 4 aromatic rings. The lowest BCUT2D eigenvalue weighted by atomic mass is 10.0. The first kappa shape index (κ1) is 23.1. The molecule has 0 amide bonds. The van der Waals surface area contributed by atoms with Gasteiger partial charge >= 0.3 is 0 Å². The standard InChI is InChI=1S/C25H26N2O2S.ClH/c1-17(2)15-27-22(14-26)24(23-9-6-12-30-23)21-13-19(10-11-20(21)25(27)28)29-16-18-7-4-3-5-8-18;/h3-13,17H,14-16,26H2,1-2H3;1H. The van der Waals surface area contributed by atoms with Crippen molar-refractivity contribution in [3.05, 3.63) is 87.7 Å². The Hall–Kier alpha value is -2.60. The van der Waals surface area contributed by atoms with Crippen LogP contribution in [0.5, 0.6) is 5.75 Å². The molecule has 162 valence electrons. The van der Waals surface area contributed by atoms with Crippen LogP contribution in [0, 0.1) is 5.92 Å². The molecule has 4 nitrogen and oxygen atoms in total. The van der Waals surface area contributed by atoms with Crippen molar-refractivity contribution < 1.29 is 4.74 Å². The second-order valence-electron chi connectivity index (χ2n) is 7.79. The van der Waals surface area contributed by atoms with Crippen LogP contribution in [0.25, 0.3) is 21.2 Å². The molecule has 2 heterocycles. The van der Waals surface area contributed by atoms with Gasteiger partial charge in [-0.15, -0.1) is 23.7 Å². The molecular weight excluding hydrogens is 428 g/mol. The number of thiophene rings is 1. The fourth-order valence-electron chi connectivity index (χ4n) is 3.77. The van der Waals surface area contributed by atoms with Crippen molar-refractivity contribution in [3.63, 3.8) is 0 Å². The summed E-state index contributed by atoms with van der Waals surface area (Å²) < 4.78 is 7.90. The lowest BCUT2D eigenvalue weighted by Crippen LogP contribution is -2.28. The number of benzene rings is 2. The largest absolute Gasteiger partial charge is 0.489 e. The van der Waals surface area contributed by atoms with E-state index in [1.807, 2.05) is 59.2 Å². The van der Waals surface area contributed by atoms with E-state index in [1.165, 1.54) is 0 Å². The van der Waals surface area contributed by atoms with Gasteiger partial charge in [0.05, 0.1) is 0 Å². The molecule has 0 atom stereocenters. The number of hydrogen-bond donors (Lipinski definition) is 1. The van der Waals surface area contributed by atoms with Crippen molar-refractivity contribution in [2.45, 2.75) is 33.5 Å². The van der Waals surface area contributed by atoms with Crippen molar-refractivity contribution in [2.75, 3.05) is 0 Å². The number of nitrogens with two attached hydrogens (primary N) is 1. The Bertz CT molecular complexity index is 1200. The quantitative estimate of drug-likeness (QED) is 0.381. The van der Waals surface area contributed by atoms with E-state index in [2.05, 4.69) is 25.3 Å². The Morgan fingerprint density at radius 3 is 2.45 bits per heavy atom. The first-order valence-corrected chi connectivity index (χ1v) is 11.1. The van der Waals surface area contributed by atoms with Gasteiger partial charge in [0.2, 0.25) is 0 Å². The van der Waals surface area contributed by atoms with Gasteiger partial charge in [-0.3, -0.25) is 4.79 Å². The molecule has 0 radical (unpaired) electrons. The van der Waals surface area contributed by atoms with Crippen molar-refractivity contribution in [3.8, 4) is 16.2 Å². The molecule has 0 spiro atoms. The Morgan fingerprint density at radius 2 is 1.81 bits per heavy atom. The predicted octanol–water partition coefficient (Wildman–Crippen LogP) is 5.85. The normalized spacial score (nSPS) is 11.0. The van der Waals surface area contributed by atoms with E-state index in [9.17, 15) is 4.79 Å². The van der Waals surface area contributed by atoms with Crippen molar-refractivity contribution in [1.29, 1.82) is 0 Å². The molecule has 0 aliphatic carbocycles. The number of ether oxygens (including phenoxy) is 1. The molecular formula is C25H27ClN2O2S. The van der Waals surface area contributed by atoms with E-state index in [0.29, 0.717) is 31.0 Å². The predicted molar refractivity (Wildman–Crippen MR) is 132 cm³/mol. The zero-order chi connectivity index (χ0) is 21.1. The molecule has 0 saturated heterocycles. The third-order valence-corrected chi connectivity index (χ3v) is 5.99. The monoisotopic (exact) mass is 454 g/mol. The number of rotatable bonds is 7. The molecule has 0 aliphatic rings. The lowest BCUT2D eigenvalue weighted by Gasteiger charge is -2.20. The smallest absolute Gasteiger partial charge is 0.258 e. The van der Waals surface area contributed by atoms with E-state index >= 15 is 0 Å². The maximum Gasteiger partial charge on any atom is 0.258 e. The van der Waals surface area contributed by atoms with E-state index in [-0.39, 0.29) is 18.0 Å². The van der Waals surface area contributed by atoms with Gasteiger partial charge in [0.1, 0.15) is 12.4 Å². The number of pyridine rings is 1. The van der Waals surface area contributed by atoms with E-state index in [1.54, 1.807) is 11.3 Å². The van der Waals surface area contributed by atoms with Gasteiger partial charge in [-0.25, -0.2) is 0 Å². The zero-order valence-electron chi connectivity index (χ0n) is 17.7. The van der Waals surface area contributed by atoms with Gasteiger partial charge in [-0.05, 0) is 41.1 Å². The summed E-state index contributed by atoms with van der Waals surface area (Å²) in [6.45, 7) is 5.66. The summed E-state index contributed by atoms with van der Waals surface area (Å²) in [5, 5.41) is 3.64. The highest BCUT2D eigenvalue weighted by Gasteiger charge is 2.19. The molecule has 31 heavy (non-hydrogen) atoms. The second-order valence-corrected chi connectivity index (χ2v) is 8.74. The number of aromatic nitrogens is 1. The molecule has 0 fully saturated rings. The van der Waals surface area contributed by atoms with Gasteiger partial charge in [0.15, 0.2) is 0 Å². The third kappa shape index (κ3) is 4.85. The number of fused-ring (bicyclic) bond motifs is 1. The average molecular weight is 455 g/mol. The van der Waals surface area contributed by atoms with Gasteiger partial charge in [0.25, 0.3) is 5.56 Å². The minimum absolute atomic E-state index is 0. The average Bonchev–Trinajstić information content (AvgIpc) is 3.28. The van der Waals surface area contributed by atoms with Gasteiger partial charge in [0, 0.05) is 40.0 Å². The topological polar surface area (TPSA) is 57.2 Å². The van der Waals surface area contributed by atoms with Crippen molar-refractivity contribution in [2.24, 2.45) is 11.7 Å². The van der Waals surface area contributed by atoms with Crippen LogP contribution in [0.3, 0.4) is 0 Å². The van der Waals surface area contributed by atoms with Crippen LogP contribution < -0.4 is 16.0 Å². The lowest BCUT2D eigenvalue weighted by molar-refractivity contribution is 0.306. The number of hydrogen-bond acceptors (Lipinski definition) is 4. The van der Waals surface area contributed by atoms with Gasteiger partial charge in [-0.1, -0.05) is 50.2 Å². The van der Waals surface area contributed by atoms with Gasteiger partial charge in [-0.2, -0.15) is 0 Å². The SMILES string of the molecule is CC(C)Cn1c(CN)c(-c2cccs2)c2cc(OCc3ccccc3)ccc2c1=O.Cl.